The van der Waals surface area contributed by atoms with Crippen LogP contribution >= 0.6 is 34.5 Å². The Bertz CT molecular complexity index is 1510. The van der Waals surface area contributed by atoms with Crippen molar-refractivity contribution in [2.24, 2.45) is 5.73 Å². The highest BCUT2D eigenvalue weighted by Crippen LogP contribution is 2.39. The zero-order valence-corrected chi connectivity index (χ0v) is 19.0. The fraction of sp³-hybridized carbons (Fsp3) is 0.0870. The van der Waals surface area contributed by atoms with Crippen LogP contribution in [0.1, 0.15) is 17.0 Å². The number of carbonyl (C=O) groups is 1. The summed E-state index contributed by atoms with van der Waals surface area (Å²) in [5.41, 5.74) is 7.19. The summed E-state index contributed by atoms with van der Waals surface area (Å²) in [6, 6.07) is 16.1. The van der Waals surface area contributed by atoms with Gasteiger partial charge < -0.3 is 10.5 Å². The standard InChI is InChI=1S/C23H15Cl2N3O3S/c1-31-23(30)19-18(13-7-3-5-9-16(13)25)14(11-26)22-28(20(19)27)21(29)17(32-22)10-12-6-2-4-8-15(12)24/h2-10,18H,27H2,1H3/b17-10+/t18-/m0/s1. The lowest BCUT2D eigenvalue weighted by atomic mass is 9.84. The number of hydrogen-bond acceptors (Lipinski definition) is 6. The Morgan fingerprint density at radius 2 is 1.84 bits per heavy atom. The smallest absolute Gasteiger partial charge is 0.338 e. The molecule has 32 heavy (non-hydrogen) atoms. The first-order chi connectivity index (χ1) is 15.4. The van der Waals surface area contributed by atoms with Crippen LogP contribution in [-0.2, 0) is 9.53 Å². The SMILES string of the molecule is COC(=O)C1=C(N)n2c(s/c(=C/c3ccccc3Cl)c2=O)=C(C#N)[C@@H]1c1ccccc1Cl. The number of nitrogens with two attached hydrogens (primary N) is 1. The van der Waals surface area contributed by atoms with Crippen molar-refractivity contribution in [3.8, 4) is 6.07 Å². The third kappa shape index (κ3) is 3.53. The number of aromatic nitrogens is 1. The first-order valence-corrected chi connectivity index (χ1v) is 10.9. The first kappa shape index (κ1) is 21.9. The van der Waals surface area contributed by atoms with Crippen LogP contribution in [0.2, 0.25) is 10.0 Å². The highest BCUT2D eigenvalue weighted by Gasteiger charge is 2.37. The van der Waals surface area contributed by atoms with E-state index in [1.807, 2.05) is 0 Å². The Labute approximate surface area is 196 Å². The second kappa shape index (κ2) is 8.67. The molecular formula is C23H15Cl2N3O3S. The van der Waals surface area contributed by atoms with Gasteiger partial charge in [-0.15, -0.1) is 11.3 Å². The van der Waals surface area contributed by atoms with E-state index in [4.69, 9.17) is 33.7 Å². The van der Waals surface area contributed by atoms with Crippen LogP contribution < -0.4 is 20.5 Å². The van der Waals surface area contributed by atoms with Gasteiger partial charge >= 0.3 is 5.97 Å². The lowest BCUT2D eigenvalue weighted by Gasteiger charge is -2.25. The number of thiazole rings is 1. The average molecular weight is 484 g/mol. The molecule has 2 aromatic carbocycles. The number of benzene rings is 2. The van der Waals surface area contributed by atoms with E-state index in [1.165, 1.54) is 11.7 Å². The molecule has 0 bridgehead atoms. The number of halogens is 2. The fourth-order valence-electron chi connectivity index (χ4n) is 3.62. The van der Waals surface area contributed by atoms with Crippen LogP contribution in [0.15, 0.2) is 58.9 Å². The number of nitriles is 1. The third-order valence-corrected chi connectivity index (χ3v) is 6.88. The van der Waals surface area contributed by atoms with Crippen LogP contribution in [0.25, 0.3) is 17.5 Å². The van der Waals surface area contributed by atoms with E-state index in [-0.39, 0.29) is 17.0 Å². The largest absolute Gasteiger partial charge is 0.466 e. The Morgan fingerprint density at radius 3 is 2.47 bits per heavy atom. The normalized spacial score (nSPS) is 16.0. The maximum atomic E-state index is 13.3. The fourth-order valence-corrected chi connectivity index (χ4v) is 5.17. The molecule has 0 spiro atoms. The highest BCUT2D eigenvalue weighted by molar-refractivity contribution is 7.07. The lowest BCUT2D eigenvalue weighted by molar-refractivity contribution is -0.136. The Hall–Kier alpha value is -3.31. The lowest BCUT2D eigenvalue weighted by Crippen LogP contribution is -2.40. The molecule has 2 N–H and O–H groups in total. The van der Waals surface area contributed by atoms with Crippen molar-refractivity contribution in [3.63, 3.8) is 0 Å². The molecule has 3 aromatic rings. The minimum atomic E-state index is -0.882. The molecule has 4 rings (SSSR count). The van der Waals surface area contributed by atoms with Gasteiger partial charge in [-0.2, -0.15) is 5.26 Å². The molecule has 2 heterocycles. The molecule has 0 saturated heterocycles. The van der Waals surface area contributed by atoms with Crippen molar-refractivity contribution in [1.82, 2.24) is 4.57 Å². The summed E-state index contributed by atoms with van der Waals surface area (Å²) < 4.78 is 6.75. The van der Waals surface area contributed by atoms with Gasteiger partial charge in [0.25, 0.3) is 5.56 Å². The molecular weight excluding hydrogens is 469 g/mol. The second-order valence-electron chi connectivity index (χ2n) is 6.85. The van der Waals surface area contributed by atoms with Gasteiger partial charge in [0.15, 0.2) is 0 Å². The van der Waals surface area contributed by atoms with Gasteiger partial charge in [0.05, 0.1) is 34.8 Å². The third-order valence-electron chi connectivity index (χ3n) is 5.08. The van der Waals surface area contributed by atoms with Crippen LogP contribution in [0.5, 0.6) is 0 Å². The van der Waals surface area contributed by atoms with Crippen molar-refractivity contribution in [3.05, 3.63) is 94.8 Å². The summed E-state index contributed by atoms with van der Waals surface area (Å²) in [6.07, 6.45) is 1.63. The molecule has 1 aromatic heterocycles. The Balaban J connectivity index is 2.12. The van der Waals surface area contributed by atoms with Crippen LogP contribution in [0, 0.1) is 11.3 Å². The van der Waals surface area contributed by atoms with E-state index in [0.29, 0.717) is 30.4 Å². The summed E-state index contributed by atoms with van der Waals surface area (Å²) in [4.78, 5) is 26.0. The predicted octanol–water partition coefficient (Wildman–Crippen LogP) is 2.82. The minimum absolute atomic E-state index is 0.0196. The van der Waals surface area contributed by atoms with Gasteiger partial charge in [-0.25, -0.2) is 4.79 Å². The van der Waals surface area contributed by atoms with Gasteiger partial charge in [0.1, 0.15) is 10.5 Å². The molecule has 1 aliphatic heterocycles. The number of ether oxygens (including phenoxy) is 1. The summed E-state index contributed by atoms with van der Waals surface area (Å²) >= 11 is 13.7. The van der Waals surface area contributed by atoms with E-state index in [0.717, 1.165) is 11.3 Å². The van der Waals surface area contributed by atoms with Gasteiger partial charge in [-0.05, 0) is 29.3 Å². The number of esters is 1. The zero-order valence-electron chi connectivity index (χ0n) is 16.6. The van der Waals surface area contributed by atoms with Crippen LogP contribution in [0.4, 0.5) is 0 Å². The maximum absolute atomic E-state index is 13.3. The summed E-state index contributed by atoms with van der Waals surface area (Å²) in [5, 5.41) is 10.9. The highest BCUT2D eigenvalue weighted by atomic mass is 35.5. The van der Waals surface area contributed by atoms with Crippen molar-refractivity contribution in [2.45, 2.75) is 5.92 Å². The number of hydrogen-bond donors (Lipinski definition) is 1. The van der Waals surface area contributed by atoms with Gasteiger partial charge in [-0.3, -0.25) is 9.36 Å². The molecule has 0 radical (unpaired) electrons. The molecule has 0 aliphatic carbocycles. The molecule has 0 saturated carbocycles. The maximum Gasteiger partial charge on any atom is 0.338 e. The average Bonchev–Trinajstić information content (AvgIpc) is 3.11. The molecule has 1 aliphatic rings. The number of methoxy groups -OCH3 is 1. The van der Waals surface area contributed by atoms with E-state index >= 15 is 0 Å². The molecule has 0 fully saturated rings. The number of carbonyl (C=O) groups excluding carboxylic acids is 1. The second-order valence-corrected chi connectivity index (χ2v) is 8.69. The first-order valence-electron chi connectivity index (χ1n) is 9.34. The molecule has 160 valence electrons. The van der Waals surface area contributed by atoms with Crippen LogP contribution in [-0.4, -0.2) is 17.6 Å². The van der Waals surface area contributed by atoms with Crippen molar-refractivity contribution in [2.75, 3.05) is 7.11 Å². The van der Waals surface area contributed by atoms with E-state index in [9.17, 15) is 14.9 Å². The predicted molar refractivity (Wildman–Crippen MR) is 125 cm³/mol. The van der Waals surface area contributed by atoms with Gasteiger partial charge in [-0.1, -0.05) is 59.6 Å². The van der Waals surface area contributed by atoms with E-state index in [1.54, 1.807) is 54.6 Å². The Kier molecular flexibility index (Phi) is 5.94. The number of nitrogens with zero attached hydrogens (tertiary/aromatic N) is 2. The zero-order chi connectivity index (χ0) is 23.0. The molecule has 0 amide bonds. The summed E-state index contributed by atoms with van der Waals surface area (Å²) in [6.45, 7) is 0. The Morgan fingerprint density at radius 1 is 1.19 bits per heavy atom. The van der Waals surface area contributed by atoms with E-state index in [2.05, 4.69) is 6.07 Å². The van der Waals surface area contributed by atoms with Gasteiger partial charge in [0.2, 0.25) is 0 Å². The topological polar surface area (TPSA) is 98.1 Å². The minimum Gasteiger partial charge on any atom is -0.466 e. The van der Waals surface area contributed by atoms with Gasteiger partial charge in [0, 0.05) is 10.0 Å². The monoisotopic (exact) mass is 483 g/mol. The summed E-state index contributed by atoms with van der Waals surface area (Å²) in [7, 11) is 1.21. The molecule has 9 heteroatoms. The van der Waals surface area contributed by atoms with Crippen molar-refractivity contribution < 1.29 is 9.53 Å². The van der Waals surface area contributed by atoms with Crippen molar-refractivity contribution in [1.29, 1.82) is 5.26 Å². The number of fused-ring (bicyclic) bond motifs is 1. The summed E-state index contributed by atoms with van der Waals surface area (Å²) in [5.74, 6) is -1.73. The molecule has 0 unspecified atom stereocenters. The molecule has 6 nitrogen and oxygen atoms in total. The van der Waals surface area contributed by atoms with E-state index < -0.39 is 17.4 Å². The quantitative estimate of drug-likeness (QED) is 0.577. The molecule has 1 atom stereocenters. The number of rotatable bonds is 3. The van der Waals surface area contributed by atoms with Crippen molar-refractivity contribution >= 4 is 58.0 Å². The van der Waals surface area contributed by atoms with Crippen LogP contribution in [0.3, 0.4) is 0 Å².